The second kappa shape index (κ2) is 8.06. The Morgan fingerprint density at radius 3 is 2.58 bits per heavy atom. The predicted molar refractivity (Wildman–Crippen MR) is 102 cm³/mol. The number of unbranched alkanes of at least 4 members (excludes halogenated alkanes) is 2. The van der Waals surface area contributed by atoms with Crippen LogP contribution in [0.5, 0.6) is 0 Å². The largest absolute Gasteiger partial charge is 0.474 e. The van der Waals surface area contributed by atoms with Gasteiger partial charge in [0.05, 0.1) is 17.8 Å². The van der Waals surface area contributed by atoms with Crippen molar-refractivity contribution < 1.29 is 14.3 Å². The van der Waals surface area contributed by atoms with Crippen LogP contribution >= 0.6 is 0 Å². The zero-order valence-corrected chi connectivity index (χ0v) is 16.8. The molecule has 1 unspecified atom stereocenters. The van der Waals surface area contributed by atoms with E-state index in [0.29, 0.717) is 11.3 Å². The van der Waals surface area contributed by atoms with Gasteiger partial charge in [-0.1, -0.05) is 40.5 Å². The summed E-state index contributed by atoms with van der Waals surface area (Å²) in [5.74, 6) is -0.00113. The van der Waals surface area contributed by atoms with Crippen molar-refractivity contribution in [3.8, 4) is 0 Å². The molecule has 0 saturated carbocycles. The molecule has 0 aliphatic carbocycles. The van der Waals surface area contributed by atoms with Gasteiger partial charge in [-0.25, -0.2) is 0 Å². The molecule has 2 aliphatic heterocycles. The number of ether oxygens (including phenoxy) is 1. The number of hydrogen-bond acceptors (Lipinski definition) is 5. The normalized spacial score (nSPS) is 23.8. The Morgan fingerprint density at radius 2 is 2.00 bits per heavy atom. The standard InChI is InChI=1S/C20H31N3O3/c1-7-8-9-10-15-13-22(6)17(26-15)12-11-16-18(20(3,4)5)21-23(14(2)24)19(16)25/h11-12,15H,7-10,13H2,1-6H3/b16-11+,17-12+. The number of carbonyl (C=O) groups is 2. The summed E-state index contributed by atoms with van der Waals surface area (Å²) in [4.78, 5) is 26.3. The second-order valence-corrected chi connectivity index (χ2v) is 8.04. The first-order valence-corrected chi connectivity index (χ1v) is 9.39. The Bertz CT molecular complexity index is 656. The molecule has 1 saturated heterocycles. The van der Waals surface area contributed by atoms with E-state index in [-0.39, 0.29) is 23.3 Å². The molecule has 1 atom stereocenters. The van der Waals surface area contributed by atoms with Crippen molar-refractivity contribution in [2.45, 2.75) is 66.4 Å². The third kappa shape index (κ3) is 4.54. The summed E-state index contributed by atoms with van der Waals surface area (Å²) in [6, 6.07) is 0. The van der Waals surface area contributed by atoms with Gasteiger partial charge in [-0.2, -0.15) is 10.1 Å². The van der Waals surface area contributed by atoms with Crippen LogP contribution in [0.2, 0.25) is 0 Å². The van der Waals surface area contributed by atoms with Gasteiger partial charge in [-0.15, -0.1) is 0 Å². The molecule has 0 aromatic heterocycles. The Balaban J connectivity index is 2.19. The van der Waals surface area contributed by atoms with Crippen LogP contribution in [0.1, 0.15) is 60.3 Å². The van der Waals surface area contributed by atoms with Crippen LogP contribution in [0.3, 0.4) is 0 Å². The summed E-state index contributed by atoms with van der Waals surface area (Å²) in [6.07, 6.45) is 8.36. The minimum atomic E-state index is -0.377. The Kier molecular flexibility index (Phi) is 6.26. The number of imide groups is 1. The first-order valence-electron chi connectivity index (χ1n) is 9.39. The van der Waals surface area contributed by atoms with Gasteiger partial charge < -0.3 is 9.64 Å². The molecule has 2 heterocycles. The van der Waals surface area contributed by atoms with Gasteiger partial charge in [0, 0.05) is 19.4 Å². The number of hydrazone groups is 1. The van der Waals surface area contributed by atoms with Gasteiger partial charge in [0.1, 0.15) is 6.10 Å². The fraction of sp³-hybridized carbons (Fsp3) is 0.650. The molecule has 2 rings (SSSR count). The lowest BCUT2D eigenvalue weighted by atomic mass is 9.85. The minimum absolute atomic E-state index is 0.194. The van der Waals surface area contributed by atoms with Crippen LogP contribution in [0.4, 0.5) is 0 Å². The van der Waals surface area contributed by atoms with Crippen LogP contribution in [-0.4, -0.2) is 47.1 Å². The highest BCUT2D eigenvalue weighted by molar-refractivity contribution is 6.29. The molecule has 0 N–H and O–H groups in total. The van der Waals surface area contributed by atoms with Gasteiger partial charge in [-0.05, 0) is 25.0 Å². The van der Waals surface area contributed by atoms with Gasteiger partial charge in [0.15, 0.2) is 5.88 Å². The molecule has 0 aromatic carbocycles. The Hall–Kier alpha value is -2.11. The molecule has 0 aromatic rings. The first-order chi connectivity index (χ1) is 12.1. The molecule has 0 radical (unpaired) electrons. The first kappa shape index (κ1) is 20.2. The summed E-state index contributed by atoms with van der Waals surface area (Å²) in [5.41, 5.74) is 0.733. The monoisotopic (exact) mass is 361 g/mol. The van der Waals surface area contributed by atoms with Crippen LogP contribution in [0.15, 0.2) is 28.7 Å². The van der Waals surface area contributed by atoms with E-state index < -0.39 is 0 Å². The average molecular weight is 361 g/mol. The number of rotatable bonds is 5. The van der Waals surface area contributed by atoms with Gasteiger partial charge >= 0.3 is 0 Å². The smallest absolute Gasteiger partial charge is 0.283 e. The summed E-state index contributed by atoms with van der Waals surface area (Å²) >= 11 is 0. The molecule has 0 spiro atoms. The zero-order chi connectivity index (χ0) is 19.5. The molecule has 2 aliphatic rings. The van der Waals surface area contributed by atoms with Crippen molar-refractivity contribution in [2.24, 2.45) is 10.5 Å². The molecule has 6 heteroatoms. The van der Waals surface area contributed by atoms with E-state index in [0.717, 1.165) is 30.3 Å². The Labute approximate surface area is 156 Å². The van der Waals surface area contributed by atoms with E-state index in [2.05, 4.69) is 16.9 Å². The summed E-state index contributed by atoms with van der Waals surface area (Å²) in [7, 11) is 1.99. The number of carbonyl (C=O) groups excluding carboxylic acids is 2. The zero-order valence-electron chi connectivity index (χ0n) is 16.8. The fourth-order valence-electron chi connectivity index (χ4n) is 3.12. The van der Waals surface area contributed by atoms with E-state index in [1.54, 1.807) is 6.08 Å². The number of nitrogens with zero attached hydrogens (tertiary/aromatic N) is 3. The second-order valence-electron chi connectivity index (χ2n) is 8.04. The van der Waals surface area contributed by atoms with Crippen molar-refractivity contribution >= 4 is 17.5 Å². The number of amides is 2. The van der Waals surface area contributed by atoms with Crippen LogP contribution in [0, 0.1) is 5.41 Å². The van der Waals surface area contributed by atoms with Crippen molar-refractivity contribution in [2.75, 3.05) is 13.6 Å². The summed E-state index contributed by atoms with van der Waals surface area (Å²) < 4.78 is 6.02. The van der Waals surface area contributed by atoms with Crippen molar-refractivity contribution in [3.63, 3.8) is 0 Å². The van der Waals surface area contributed by atoms with Crippen molar-refractivity contribution in [1.82, 2.24) is 9.91 Å². The van der Waals surface area contributed by atoms with E-state index in [4.69, 9.17) is 4.74 Å². The molecule has 1 fully saturated rings. The maximum atomic E-state index is 12.6. The van der Waals surface area contributed by atoms with Crippen LogP contribution in [0.25, 0.3) is 0 Å². The van der Waals surface area contributed by atoms with E-state index >= 15 is 0 Å². The Morgan fingerprint density at radius 1 is 1.31 bits per heavy atom. The third-order valence-electron chi connectivity index (χ3n) is 4.55. The number of hydrogen-bond donors (Lipinski definition) is 0. The van der Waals surface area contributed by atoms with E-state index in [1.165, 1.54) is 19.8 Å². The number of allylic oxidation sites excluding steroid dienone is 2. The average Bonchev–Trinajstić information content (AvgIpc) is 3.05. The predicted octanol–water partition coefficient (Wildman–Crippen LogP) is 3.46. The molecule has 2 amide bonds. The summed E-state index contributed by atoms with van der Waals surface area (Å²) in [6.45, 7) is 10.3. The third-order valence-corrected chi connectivity index (χ3v) is 4.55. The highest BCUT2D eigenvalue weighted by Gasteiger charge is 2.38. The summed E-state index contributed by atoms with van der Waals surface area (Å²) in [5, 5.41) is 5.19. The molecule has 6 nitrogen and oxygen atoms in total. The molecular formula is C20H31N3O3. The van der Waals surface area contributed by atoms with Crippen LogP contribution in [-0.2, 0) is 14.3 Å². The maximum Gasteiger partial charge on any atom is 0.283 e. The number of likely N-dealkylation sites (N-methyl/N-ethyl adjacent to an activating group) is 1. The fourth-order valence-corrected chi connectivity index (χ4v) is 3.12. The molecule has 26 heavy (non-hydrogen) atoms. The van der Waals surface area contributed by atoms with Crippen molar-refractivity contribution in [1.29, 1.82) is 0 Å². The molecule has 0 bridgehead atoms. The van der Waals surface area contributed by atoms with Gasteiger partial charge in [0.2, 0.25) is 5.91 Å². The van der Waals surface area contributed by atoms with Crippen LogP contribution < -0.4 is 0 Å². The topological polar surface area (TPSA) is 62.2 Å². The quantitative estimate of drug-likeness (QED) is 0.556. The van der Waals surface area contributed by atoms with Crippen molar-refractivity contribution in [3.05, 3.63) is 23.6 Å². The minimum Gasteiger partial charge on any atom is -0.474 e. The SMILES string of the molecule is CCCCCC1CN(C)/C(=C\C=C2\C(=O)N(C(C)=O)N=C2C(C)(C)C)O1. The lowest BCUT2D eigenvalue weighted by Gasteiger charge is -2.17. The van der Waals surface area contributed by atoms with Gasteiger partial charge in [0.25, 0.3) is 5.91 Å². The lowest BCUT2D eigenvalue weighted by molar-refractivity contribution is -0.139. The van der Waals surface area contributed by atoms with E-state index in [1.807, 2.05) is 33.9 Å². The lowest BCUT2D eigenvalue weighted by Crippen LogP contribution is -2.27. The molecular weight excluding hydrogens is 330 g/mol. The van der Waals surface area contributed by atoms with Gasteiger partial charge in [-0.3, -0.25) is 9.59 Å². The highest BCUT2D eigenvalue weighted by Crippen LogP contribution is 2.29. The highest BCUT2D eigenvalue weighted by atomic mass is 16.5. The van der Waals surface area contributed by atoms with E-state index in [9.17, 15) is 9.59 Å². The molecule has 144 valence electrons. The maximum absolute atomic E-state index is 12.6.